The SMILES string of the molecule is CCCCn1c(CN(CC2=CC3=C(CCC2)CCO3)Cc2ccc3c(c2)CCO3)cnc1-c1cccc2ccccc12. The smallest absolute Gasteiger partial charge is 0.140 e. The van der Waals surface area contributed by atoms with Crippen LogP contribution < -0.4 is 4.74 Å². The van der Waals surface area contributed by atoms with Crippen molar-refractivity contribution in [1.82, 2.24) is 14.5 Å². The van der Waals surface area contributed by atoms with Gasteiger partial charge in [-0.25, -0.2) is 4.98 Å². The highest BCUT2D eigenvalue weighted by Crippen LogP contribution is 2.33. The predicted octanol–water partition coefficient (Wildman–Crippen LogP) is 8.23. The number of nitrogens with zero attached hydrogens (tertiary/aromatic N) is 3. The van der Waals surface area contributed by atoms with E-state index in [1.165, 1.54) is 57.1 Å². The van der Waals surface area contributed by atoms with Gasteiger partial charge in [-0.1, -0.05) is 73.5 Å². The van der Waals surface area contributed by atoms with Gasteiger partial charge in [0.15, 0.2) is 0 Å². The molecule has 0 saturated heterocycles. The molecule has 5 nitrogen and oxygen atoms in total. The summed E-state index contributed by atoms with van der Waals surface area (Å²) in [4.78, 5) is 7.69. The number of imidazole rings is 1. The van der Waals surface area contributed by atoms with Gasteiger partial charge in [-0.3, -0.25) is 4.90 Å². The molecule has 3 aliphatic rings. The van der Waals surface area contributed by atoms with E-state index in [0.29, 0.717) is 0 Å². The Morgan fingerprint density at radius 3 is 2.74 bits per heavy atom. The minimum atomic E-state index is 0.792. The zero-order valence-corrected chi connectivity index (χ0v) is 24.8. The minimum absolute atomic E-state index is 0.792. The summed E-state index contributed by atoms with van der Waals surface area (Å²) in [5, 5.41) is 2.52. The third-order valence-electron chi connectivity index (χ3n) is 9.00. The third-order valence-corrected chi connectivity index (χ3v) is 9.00. The Bertz CT molecular complexity index is 1640. The van der Waals surface area contributed by atoms with Gasteiger partial charge in [0.25, 0.3) is 0 Å². The number of aromatic nitrogens is 2. The molecule has 216 valence electrons. The van der Waals surface area contributed by atoms with Crippen molar-refractivity contribution in [2.24, 2.45) is 0 Å². The van der Waals surface area contributed by atoms with Gasteiger partial charge >= 0.3 is 0 Å². The second kappa shape index (κ2) is 12.2. The highest BCUT2D eigenvalue weighted by Gasteiger charge is 2.22. The summed E-state index contributed by atoms with van der Waals surface area (Å²) in [6.45, 7) is 7.53. The van der Waals surface area contributed by atoms with Crippen LogP contribution in [0.3, 0.4) is 0 Å². The molecule has 0 radical (unpaired) electrons. The molecule has 0 unspecified atom stereocenters. The quantitative estimate of drug-likeness (QED) is 0.196. The van der Waals surface area contributed by atoms with E-state index in [9.17, 15) is 0 Å². The first-order valence-electron chi connectivity index (χ1n) is 15.8. The zero-order chi connectivity index (χ0) is 28.3. The van der Waals surface area contributed by atoms with Crippen molar-refractivity contribution >= 4 is 10.8 Å². The fraction of sp³-hybridized carbons (Fsp3) is 0.378. The Balaban J connectivity index is 1.23. The van der Waals surface area contributed by atoms with Crippen LogP contribution in [0.15, 0.2) is 89.8 Å². The van der Waals surface area contributed by atoms with Crippen LogP contribution in [0.4, 0.5) is 0 Å². The number of rotatable bonds is 10. The van der Waals surface area contributed by atoms with Crippen LogP contribution in [0.5, 0.6) is 5.75 Å². The zero-order valence-electron chi connectivity index (χ0n) is 24.8. The summed E-state index contributed by atoms with van der Waals surface area (Å²) in [5.41, 5.74) is 8.15. The maximum Gasteiger partial charge on any atom is 0.140 e. The van der Waals surface area contributed by atoms with Gasteiger partial charge in [-0.15, -0.1) is 0 Å². The van der Waals surface area contributed by atoms with Crippen molar-refractivity contribution in [3.05, 3.63) is 107 Å². The summed E-state index contributed by atoms with van der Waals surface area (Å²) >= 11 is 0. The molecule has 0 fully saturated rings. The number of fused-ring (bicyclic) bond motifs is 2. The molecular formula is C37H41N3O2. The monoisotopic (exact) mass is 559 g/mol. The van der Waals surface area contributed by atoms with E-state index in [0.717, 1.165) is 88.8 Å². The maximum absolute atomic E-state index is 6.04. The van der Waals surface area contributed by atoms with E-state index in [1.54, 1.807) is 0 Å². The average molecular weight is 560 g/mol. The van der Waals surface area contributed by atoms with Crippen LogP contribution in [0.25, 0.3) is 22.2 Å². The Morgan fingerprint density at radius 1 is 0.881 bits per heavy atom. The van der Waals surface area contributed by atoms with Crippen LogP contribution in [0, 0.1) is 0 Å². The topological polar surface area (TPSA) is 39.5 Å². The van der Waals surface area contributed by atoms with E-state index in [2.05, 4.69) is 89.3 Å². The number of unbranched alkanes of at least 4 members (excludes halogenated alkanes) is 1. The molecule has 2 aliphatic heterocycles. The van der Waals surface area contributed by atoms with Crippen LogP contribution in [-0.4, -0.2) is 34.2 Å². The molecule has 1 aliphatic carbocycles. The second-order valence-corrected chi connectivity index (χ2v) is 12.0. The van der Waals surface area contributed by atoms with Crippen molar-refractivity contribution in [1.29, 1.82) is 0 Å². The summed E-state index contributed by atoms with van der Waals surface area (Å²) in [7, 11) is 0. The van der Waals surface area contributed by atoms with E-state index in [-0.39, 0.29) is 0 Å². The van der Waals surface area contributed by atoms with Gasteiger partial charge in [-0.2, -0.15) is 0 Å². The lowest BCUT2D eigenvalue weighted by atomic mass is 10.0. The third kappa shape index (κ3) is 5.63. The first kappa shape index (κ1) is 27.0. The molecule has 3 aromatic carbocycles. The van der Waals surface area contributed by atoms with Crippen LogP contribution >= 0.6 is 0 Å². The molecule has 3 heterocycles. The Hall–Kier alpha value is -3.83. The maximum atomic E-state index is 6.04. The average Bonchev–Trinajstić information content (AvgIpc) is 3.73. The van der Waals surface area contributed by atoms with E-state index >= 15 is 0 Å². The molecule has 4 aromatic rings. The van der Waals surface area contributed by atoms with Gasteiger partial charge in [0.05, 0.1) is 25.1 Å². The lowest BCUT2D eigenvalue weighted by molar-refractivity contribution is 0.252. The largest absolute Gasteiger partial charge is 0.493 e. The van der Waals surface area contributed by atoms with Crippen molar-refractivity contribution in [2.45, 2.75) is 71.5 Å². The standard InChI is InChI=1S/C37H41N3O2/c1-2-3-18-40-32(23-38-37(40)34-13-7-10-29-9-4-5-12-33(29)34)26-39(25-28-14-15-35-31(21-28)17-20-41-35)24-27-8-6-11-30-16-19-42-36(30)22-27/h4-5,7,9-10,12-15,21-23H,2-3,6,8,11,16-20,24-26H2,1H3. The minimum Gasteiger partial charge on any atom is -0.493 e. The normalized spacial score (nSPS) is 16.3. The molecule has 0 N–H and O–H groups in total. The van der Waals surface area contributed by atoms with E-state index < -0.39 is 0 Å². The molecule has 7 rings (SSSR count). The van der Waals surface area contributed by atoms with Crippen molar-refractivity contribution in [3.63, 3.8) is 0 Å². The summed E-state index contributed by atoms with van der Waals surface area (Å²) in [6.07, 6.45) is 12.3. The first-order chi connectivity index (χ1) is 20.7. The summed E-state index contributed by atoms with van der Waals surface area (Å²) in [5.74, 6) is 3.27. The van der Waals surface area contributed by atoms with Crippen LogP contribution in [0.2, 0.25) is 0 Å². The van der Waals surface area contributed by atoms with E-state index in [1.807, 2.05) is 0 Å². The number of benzene rings is 3. The van der Waals surface area contributed by atoms with Crippen LogP contribution in [0.1, 0.15) is 62.3 Å². The Morgan fingerprint density at radius 2 is 1.79 bits per heavy atom. The molecule has 1 aromatic heterocycles. The van der Waals surface area contributed by atoms with Gasteiger partial charge in [0, 0.05) is 44.6 Å². The molecular weight excluding hydrogens is 518 g/mol. The van der Waals surface area contributed by atoms with Crippen molar-refractivity contribution in [3.8, 4) is 17.1 Å². The number of hydrogen-bond acceptors (Lipinski definition) is 4. The summed E-state index contributed by atoms with van der Waals surface area (Å²) in [6, 6.07) is 22.0. The highest BCUT2D eigenvalue weighted by molar-refractivity contribution is 5.95. The van der Waals surface area contributed by atoms with Gasteiger partial charge in [0.1, 0.15) is 17.3 Å². The number of hydrogen-bond donors (Lipinski definition) is 0. The van der Waals surface area contributed by atoms with E-state index in [4.69, 9.17) is 14.5 Å². The van der Waals surface area contributed by atoms with Crippen LogP contribution in [-0.2, 0) is 30.8 Å². The lowest BCUT2D eigenvalue weighted by Gasteiger charge is -2.25. The Kier molecular flexibility index (Phi) is 7.84. The molecule has 0 atom stereocenters. The molecule has 0 saturated carbocycles. The fourth-order valence-corrected chi connectivity index (χ4v) is 6.83. The number of allylic oxidation sites excluding steroid dienone is 1. The molecule has 0 spiro atoms. The first-order valence-corrected chi connectivity index (χ1v) is 15.8. The number of ether oxygens (including phenoxy) is 2. The lowest BCUT2D eigenvalue weighted by Crippen LogP contribution is -2.27. The Labute approximate surface area is 249 Å². The van der Waals surface area contributed by atoms with Gasteiger partial charge in [0.2, 0.25) is 0 Å². The predicted molar refractivity (Wildman–Crippen MR) is 169 cm³/mol. The summed E-state index contributed by atoms with van der Waals surface area (Å²) < 4.78 is 14.3. The van der Waals surface area contributed by atoms with Gasteiger partial charge in [-0.05, 0) is 65.3 Å². The molecule has 0 bridgehead atoms. The van der Waals surface area contributed by atoms with Gasteiger partial charge < -0.3 is 14.0 Å². The fourth-order valence-electron chi connectivity index (χ4n) is 6.83. The molecule has 5 heteroatoms. The highest BCUT2D eigenvalue weighted by atomic mass is 16.5. The molecule has 0 amide bonds. The second-order valence-electron chi connectivity index (χ2n) is 12.0. The van der Waals surface area contributed by atoms with Crippen molar-refractivity contribution < 1.29 is 9.47 Å². The molecule has 42 heavy (non-hydrogen) atoms. The van der Waals surface area contributed by atoms with Crippen molar-refractivity contribution in [2.75, 3.05) is 19.8 Å².